The Balaban J connectivity index is 1.34. The average molecular weight is 473 g/mol. The van der Waals surface area contributed by atoms with Gasteiger partial charge in [-0.1, -0.05) is 6.07 Å². The number of benzene rings is 3. The molecule has 0 N–H and O–H groups in total. The second-order valence-corrected chi connectivity index (χ2v) is 8.42. The largest absolute Gasteiger partial charge is 0.497 e. The summed E-state index contributed by atoms with van der Waals surface area (Å²) in [6, 6.07) is 16.9. The molecule has 0 aliphatic carbocycles. The molecule has 0 radical (unpaired) electrons. The third kappa shape index (κ3) is 3.81. The smallest absolute Gasteiger partial charge is 0.344 e. The first-order valence-electron chi connectivity index (χ1n) is 11.2. The predicted molar refractivity (Wildman–Crippen MR) is 128 cm³/mol. The maximum absolute atomic E-state index is 13.1. The highest BCUT2D eigenvalue weighted by atomic mass is 16.7. The molecular weight excluding hydrogens is 450 g/mol. The zero-order valence-corrected chi connectivity index (χ0v) is 19.3. The fourth-order valence-electron chi connectivity index (χ4n) is 4.55. The molecule has 0 unspecified atom stereocenters. The van der Waals surface area contributed by atoms with E-state index in [2.05, 4.69) is 4.90 Å². The fourth-order valence-corrected chi connectivity index (χ4v) is 4.55. The van der Waals surface area contributed by atoms with E-state index in [0.717, 1.165) is 33.8 Å². The minimum atomic E-state index is -0.442. The normalized spacial score (nSPS) is 14.5. The van der Waals surface area contributed by atoms with E-state index >= 15 is 0 Å². The van der Waals surface area contributed by atoms with Gasteiger partial charge in [0, 0.05) is 30.1 Å². The number of ether oxygens (including phenoxy) is 5. The summed E-state index contributed by atoms with van der Waals surface area (Å²) < 4.78 is 33.5. The summed E-state index contributed by atoms with van der Waals surface area (Å²) in [4.78, 5) is 15.2. The van der Waals surface area contributed by atoms with E-state index in [1.54, 1.807) is 32.4 Å². The van der Waals surface area contributed by atoms with Gasteiger partial charge in [-0.25, -0.2) is 4.79 Å². The van der Waals surface area contributed by atoms with E-state index in [4.69, 9.17) is 28.1 Å². The number of hydrogen-bond donors (Lipinski definition) is 0. The van der Waals surface area contributed by atoms with Crippen molar-refractivity contribution in [3.05, 3.63) is 76.1 Å². The molecule has 2 aliphatic rings. The van der Waals surface area contributed by atoms with E-state index in [1.165, 1.54) is 0 Å². The van der Waals surface area contributed by atoms with Gasteiger partial charge in [0.2, 0.25) is 6.79 Å². The quantitative estimate of drug-likeness (QED) is 0.391. The van der Waals surface area contributed by atoms with Gasteiger partial charge >= 0.3 is 5.63 Å². The van der Waals surface area contributed by atoms with Gasteiger partial charge in [0.25, 0.3) is 0 Å². The molecule has 0 amide bonds. The summed E-state index contributed by atoms with van der Waals surface area (Å²) in [5.74, 6) is 3.40. The van der Waals surface area contributed by atoms with Crippen LogP contribution in [0.5, 0.6) is 28.7 Å². The van der Waals surface area contributed by atoms with E-state index in [0.29, 0.717) is 48.0 Å². The van der Waals surface area contributed by atoms with Crippen molar-refractivity contribution < 1.29 is 28.1 Å². The lowest BCUT2D eigenvalue weighted by atomic mass is 10.0. The van der Waals surface area contributed by atoms with Crippen LogP contribution in [0.3, 0.4) is 0 Å². The maximum atomic E-state index is 13.1. The van der Waals surface area contributed by atoms with E-state index in [1.807, 2.05) is 36.4 Å². The molecule has 0 saturated carbocycles. The highest BCUT2D eigenvalue weighted by Crippen LogP contribution is 2.37. The maximum Gasteiger partial charge on any atom is 0.344 e. The van der Waals surface area contributed by atoms with Gasteiger partial charge in [-0.2, -0.15) is 0 Å². The van der Waals surface area contributed by atoms with Crippen LogP contribution in [0.4, 0.5) is 0 Å². The molecule has 178 valence electrons. The lowest BCUT2D eigenvalue weighted by Gasteiger charge is -2.29. The third-order valence-electron chi connectivity index (χ3n) is 6.29. The van der Waals surface area contributed by atoms with Crippen LogP contribution >= 0.6 is 0 Å². The van der Waals surface area contributed by atoms with E-state index in [9.17, 15) is 4.79 Å². The predicted octanol–water partition coefficient (Wildman–Crippen LogP) is 4.56. The molecule has 1 aromatic heterocycles. The summed E-state index contributed by atoms with van der Waals surface area (Å²) in [7, 11) is 3.14. The molecule has 0 atom stereocenters. The Morgan fingerprint density at radius 3 is 2.57 bits per heavy atom. The van der Waals surface area contributed by atoms with Crippen LogP contribution < -0.4 is 29.3 Å². The molecule has 4 aromatic rings. The number of hydrogen-bond acceptors (Lipinski definition) is 8. The van der Waals surface area contributed by atoms with Crippen molar-refractivity contribution in [2.45, 2.75) is 13.1 Å². The standard InChI is InChI=1S/C27H23NO7/c1-30-18-5-6-19(24(11-18)31-2)20-10-17-4-8-22-21(26(17)35-27(20)29)13-28(14-32-22)12-16-3-7-23-25(9-16)34-15-33-23/h3-11H,12-15H2,1-2H3. The Morgan fingerprint density at radius 2 is 1.71 bits per heavy atom. The van der Waals surface area contributed by atoms with Crippen LogP contribution in [0.2, 0.25) is 0 Å². The lowest BCUT2D eigenvalue weighted by molar-refractivity contribution is 0.0889. The van der Waals surface area contributed by atoms with Gasteiger partial charge < -0.3 is 28.1 Å². The second-order valence-electron chi connectivity index (χ2n) is 8.42. The number of fused-ring (bicyclic) bond motifs is 4. The molecule has 0 fully saturated rings. The van der Waals surface area contributed by atoms with Gasteiger partial charge in [-0.3, -0.25) is 4.90 Å². The molecule has 0 saturated heterocycles. The van der Waals surface area contributed by atoms with Crippen LogP contribution in [0.15, 0.2) is 63.8 Å². The summed E-state index contributed by atoms with van der Waals surface area (Å²) in [5.41, 5.74) is 3.08. The average Bonchev–Trinajstić information content (AvgIpc) is 3.36. The van der Waals surface area contributed by atoms with Crippen LogP contribution in [0.1, 0.15) is 11.1 Å². The van der Waals surface area contributed by atoms with Gasteiger partial charge in [0.1, 0.15) is 29.6 Å². The summed E-state index contributed by atoms with van der Waals surface area (Å²) in [6.45, 7) is 1.90. The molecule has 6 rings (SSSR count). The number of methoxy groups -OCH3 is 2. The Kier molecular flexibility index (Phi) is 5.22. The molecule has 2 aliphatic heterocycles. The van der Waals surface area contributed by atoms with Gasteiger partial charge in [-0.15, -0.1) is 0 Å². The Morgan fingerprint density at radius 1 is 0.857 bits per heavy atom. The third-order valence-corrected chi connectivity index (χ3v) is 6.29. The summed E-state index contributed by atoms with van der Waals surface area (Å²) in [5, 5.41) is 0.810. The van der Waals surface area contributed by atoms with Crippen LogP contribution in [-0.4, -0.2) is 32.6 Å². The van der Waals surface area contributed by atoms with Crippen molar-refractivity contribution in [1.82, 2.24) is 4.90 Å². The van der Waals surface area contributed by atoms with Crippen molar-refractivity contribution in [3.8, 4) is 39.9 Å². The zero-order chi connectivity index (χ0) is 23.9. The van der Waals surface area contributed by atoms with Gasteiger partial charge in [-0.05, 0) is 48.0 Å². The first-order chi connectivity index (χ1) is 17.1. The van der Waals surface area contributed by atoms with Crippen molar-refractivity contribution in [1.29, 1.82) is 0 Å². The summed E-state index contributed by atoms with van der Waals surface area (Å²) in [6.07, 6.45) is 0. The van der Waals surface area contributed by atoms with Crippen LogP contribution in [0.25, 0.3) is 22.1 Å². The molecule has 3 heterocycles. The Hall–Kier alpha value is -4.17. The van der Waals surface area contributed by atoms with E-state index < -0.39 is 5.63 Å². The van der Waals surface area contributed by atoms with Crippen molar-refractivity contribution in [3.63, 3.8) is 0 Å². The first kappa shape index (κ1) is 21.4. The molecular formula is C27H23NO7. The fraction of sp³-hybridized carbons (Fsp3) is 0.222. The molecule has 0 bridgehead atoms. The highest BCUT2D eigenvalue weighted by Gasteiger charge is 2.24. The second kappa shape index (κ2) is 8.56. The molecule has 0 spiro atoms. The lowest BCUT2D eigenvalue weighted by Crippen LogP contribution is -2.31. The molecule has 8 nitrogen and oxygen atoms in total. The van der Waals surface area contributed by atoms with Crippen LogP contribution in [-0.2, 0) is 13.1 Å². The van der Waals surface area contributed by atoms with Gasteiger partial charge in [0.05, 0.1) is 25.3 Å². The Labute approximate surface area is 201 Å². The minimum Gasteiger partial charge on any atom is -0.497 e. The summed E-state index contributed by atoms with van der Waals surface area (Å²) >= 11 is 0. The topological polar surface area (TPSA) is 79.6 Å². The molecule has 35 heavy (non-hydrogen) atoms. The highest BCUT2D eigenvalue weighted by molar-refractivity contribution is 5.87. The Bertz CT molecular complexity index is 1490. The molecule has 3 aromatic carbocycles. The monoisotopic (exact) mass is 473 g/mol. The van der Waals surface area contributed by atoms with Crippen LogP contribution in [0, 0.1) is 0 Å². The van der Waals surface area contributed by atoms with Crippen molar-refractivity contribution >= 4 is 11.0 Å². The first-order valence-corrected chi connectivity index (χ1v) is 11.2. The van der Waals surface area contributed by atoms with Crippen molar-refractivity contribution in [2.24, 2.45) is 0 Å². The van der Waals surface area contributed by atoms with Gasteiger partial charge in [0.15, 0.2) is 11.5 Å². The SMILES string of the molecule is COc1ccc(-c2cc3ccc4c(c3oc2=O)CN(Cc2ccc3c(c2)OCO3)CO4)c(OC)c1. The minimum absolute atomic E-state index is 0.244. The zero-order valence-electron chi connectivity index (χ0n) is 19.3. The number of rotatable bonds is 5. The van der Waals surface area contributed by atoms with E-state index in [-0.39, 0.29) is 6.79 Å². The number of nitrogens with zero attached hydrogens (tertiary/aromatic N) is 1. The molecule has 8 heteroatoms. The van der Waals surface area contributed by atoms with Crippen molar-refractivity contribution in [2.75, 3.05) is 27.7 Å².